The molecule has 0 saturated heterocycles. The smallest absolute Gasteiger partial charge is 0.311 e. The highest BCUT2D eigenvalue weighted by atomic mass is 16.6. The number of nitro benzene ring substituents is 1. The molecule has 0 bridgehead atoms. The van der Waals surface area contributed by atoms with Crippen LogP contribution in [0.5, 0.6) is 5.75 Å². The maximum Gasteiger partial charge on any atom is 0.311 e. The second kappa shape index (κ2) is 9.09. The minimum atomic E-state index is -0.481. The molecule has 0 aliphatic rings. The number of nitrogens with zero attached hydrogens (tertiary/aromatic N) is 1. The van der Waals surface area contributed by atoms with Gasteiger partial charge in [-0.15, -0.1) is 0 Å². The van der Waals surface area contributed by atoms with E-state index < -0.39 is 4.92 Å². The van der Waals surface area contributed by atoms with Crippen LogP contribution >= 0.6 is 0 Å². The first-order chi connectivity index (χ1) is 11.0. The van der Waals surface area contributed by atoms with Gasteiger partial charge in [-0.25, -0.2) is 0 Å². The van der Waals surface area contributed by atoms with Crippen molar-refractivity contribution >= 4 is 11.8 Å². The van der Waals surface area contributed by atoms with Gasteiger partial charge in [-0.1, -0.05) is 30.9 Å². The Balaban J connectivity index is 2.87. The fourth-order valence-electron chi connectivity index (χ4n) is 1.67. The summed E-state index contributed by atoms with van der Waals surface area (Å²) in [7, 11) is 4.45. The summed E-state index contributed by atoms with van der Waals surface area (Å²) in [6.45, 7) is 3.87. The van der Waals surface area contributed by atoms with Crippen molar-refractivity contribution in [2.24, 2.45) is 0 Å². The Morgan fingerprint density at radius 1 is 1.22 bits per heavy atom. The lowest BCUT2D eigenvalue weighted by atomic mass is 10.1. The molecule has 0 atom stereocenters. The van der Waals surface area contributed by atoms with E-state index in [0.29, 0.717) is 16.9 Å². The average Bonchev–Trinajstić information content (AvgIpc) is 2.56. The minimum absolute atomic E-state index is 0.0829. The van der Waals surface area contributed by atoms with Crippen LogP contribution in [0.3, 0.4) is 0 Å². The summed E-state index contributed by atoms with van der Waals surface area (Å²) in [4.78, 5) is 10.5. The highest BCUT2D eigenvalue weighted by molar-refractivity contribution is 5.61. The molecule has 0 heterocycles. The number of allylic oxidation sites excluding steroid dienone is 4. The summed E-state index contributed by atoms with van der Waals surface area (Å²) in [5.41, 5.74) is 1.29. The third-order valence-corrected chi connectivity index (χ3v) is 2.82. The van der Waals surface area contributed by atoms with E-state index in [9.17, 15) is 10.1 Å². The molecular weight excluding hydrogens is 298 g/mol. The maximum atomic E-state index is 11.0. The number of benzene rings is 1. The lowest BCUT2D eigenvalue weighted by Crippen LogP contribution is -1.93. The molecule has 122 valence electrons. The summed E-state index contributed by atoms with van der Waals surface area (Å²) in [5, 5.41) is 11.0. The number of hydrogen-bond acceptors (Lipinski definition) is 5. The number of hydrogen-bond donors (Lipinski definition) is 0. The number of ether oxygens (including phenoxy) is 3. The van der Waals surface area contributed by atoms with Crippen molar-refractivity contribution in [3.05, 3.63) is 76.3 Å². The molecule has 0 spiro atoms. The molecule has 1 aromatic rings. The van der Waals surface area contributed by atoms with Gasteiger partial charge < -0.3 is 14.2 Å². The molecule has 6 heteroatoms. The van der Waals surface area contributed by atoms with Gasteiger partial charge in [0.25, 0.3) is 0 Å². The molecule has 1 rings (SSSR count). The van der Waals surface area contributed by atoms with Crippen molar-refractivity contribution in [2.45, 2.75) is 0 Å². The van der Waals surface area contributed by atoms with Crippen LogP contribution in [-0.2, 0) is 9.47 Å². The van der Waals surface area contributed by atoms with Gasteiger partial charge in [-0.05, 0) is 23.3 Å². The van der Waals surface area contributed by atoms with Gasteiger partial charge in [0.05, 0.1) is 26.3 Å². The van der Waals surface area contributed by atoms with E-state index in [1.54, 1.807) is 36.4 Å². The Kier molecular flexibility index (Phi) is 7.13. The first kappa shape index (κ1) is 18.0. The summed E-state index contributed by atoms with van der Waals surface area (Å²) in [5.74, 6) is 0.766. The van der Waals surface area contributed by atoms with Gasteiger partial charge in [0.1, 0.15) is 6.26 Å². The third-order valence-electron chi connectivity index (χ3n) is 2.82. The number of methoxy groups -OCH3 is 3. The molecule has 23 heavy (non-hydrogen) atoms. The molecule has 0 saturated carbocycles. The molecule has 0 fully saturated rings. The van der Waals surface area contributed by atoms with Gasteiger partial charge in [0.2, 0.25) is 0 Å². The lowest BCUT2D eigenvalue weighted by molar-refractivity contribution is -0.385. The molecule has 0 unspecified atom stereocenters. The zero-order valence-corrected chi connectivity index (χ0v) is 13.3. The predicted octanol–water partition coefficient (Wildman–Crippen LogP) is 3.86. The molecule has 1 aromatic carbocycles. The van der Waals surface area contributed by atoms with Gasteiger partial charge >= 0.3 is 5.69 Å². The zero-order valence-electron chi connectivity index (χ0n) is 13.3. The van der Waals surface area contributed by atoms with E-state index >= 15 is 0 Å². The monoisotopic (exact) mass is 317 g/mol. The van der Waals surface area contributed by atoms with Crippen LogP contribution < -0.4 is 4.74 Å². The average molecular weight is 317 g/mol. The Bertz CT molecular complexity index is 659. The minimum Gasteiger partial charge on any atom is -0.501 e. The van der Waals surface area contributed by atoms with Gasteiger partial charge in [-0.2, -0.15) is 0 Å². The Labute approximate surface area is 135 Å². The van der Waals surface area contributed by atoms with Crippen molar-refractivity contribution in [3.8, 4) is 5.75 Å². The van der Waals surface area contributed by atoms with Crippen LogP contribution in [-0.4, -0.2) is 26.3 Å². The van der Waals surface area contributed by atoms with E-state index in [4.69, 9.17) is 14.2 Å². The Morgan fingerprint density at radius 2 is 1.96 bits per heavy atom. The molecule has 0 aromatic heterocycles. The zero-order chi connectivity index (χ0) is 17.2. The predicted molar refractivity (Wildman–Crippen MR) is 89.1 cm³/mol. The van der Waals surface area contributed by atoms with Crippen molar-refractivity contribution in [3.63, 3.8) is 0 Å². The van der Waals surface area contributed by atoms with E-state index in [2.05, 4.69) is 6.58 Å². The van der Waals surface area contributed by atoms with Gasteiger partial charge in [0, 0.05) is 6.07 Å². The van der Waals surface area contributed by atoms with Crippen molar-refractivity contribution in [2.75, 3.05) is 21.3 Å². The fraction of sp³-hybridized carbons (Fsp3) is 0.176. The molecule has 6 nitrogen and oxygen atoms in total. The standard InChI is InChI=1S/C17H19NO5/c1-13(6-9-15(22-3)12-21-2)5-7-14-8-10-17(23-4)16(11-14)18(19)20/h5-12H,1H2,2-4H3/b7-5+,9-6-,15-12+. The molecule has 0 aliphatic carbocycles. The van der Waals surface area contributed by atoms with E-state index in [1.165, 1.54) is 33.7 Å². The van der Waals surface area contributed by atoms with Crippen molar-refractivity contribution in [1.82, 2.24) is 0 Å². The van der Waals surface area contributed by atoms with Gasteiger partial charge in [0.15, 0.2) is 11.5 Å². The quantitative estimate of drug-likeness (QED) is 0.315. The van der Waals surface area contributed by atoms with E-state index in [-0.39, 0.29) is 11.4 Å². The van der Waals surface area contributed by atoms with Gasteiger partial charge in [-0.3, -0.25) is 10.1 Å². The second-order valence-electron chi connectivity index (χ2n) is 4.39. The second-order valence-corrected chi connectivity index (χ2v) is 4.39. The van der Waals surface area contributed by atoms with Crippen LogP contribution in [0.2, 0.25) is 0 Å². The molecule has 0 N–H and O–H groups in total. The molecule has 0 amide bonds. The lowest BCUT2D eigenvalue weighted by Gasteiger charge is -2.02. The Morgan fingerprint density at radius 3 is 2.52 bits per heavy atom. The van der Waals surface area contributed by atoms with E-state index in [1.807, 2.05) is 0 Å². The maximum absolute atomic E-state index is 11.0. The highest BCUT2D eigenvalue weighted by Crippen LogP contribution is 2.28. The van der Waals surface area contributed by atoms with Crippen LogP contribution in [0.4, 0.5) is 5.69 Å². The van der Waals surface area contributed by atoms with Crippen molar-refractivity contribution < 1.29 is 19.1 Å². The van der Waals surface area contributed by atoms with Crippen LogP contribution in [0.25, 0.3) is 6.08 Å². The van der Waals surface area contributed by atoms with Crippen LogP contribution in [0.1, 0.15) is 5.56 Å². The van der Waals surface area contributed by atoms with Crippen LogP contribution in [0.15, 0.2) is 60.6 Å². The van der Waals surface area contributed by atoms with Crippen molar-refractivity contribution in [1.29, 1.82) is 0 Å². The first-order valence-corrected chi connectivity index (χ1v) is 6.66. The SMILES string of the molecule is C=C(/C=C\C(=C/OC)OC)/C=C/c1ccc(OC)c([N+](=O)[O-])c1. The summed E-state index contributed by atoms with van der Waals surface area (Å²) in [6, 6.07) is 4.73. The normalized spacial score (nSPS) is 11.7. The molecule has 0 radical (unpaired) electrons. The summed E-state index contributed by atoms with van der Waals surface area (Å²) in [6.07, 6.45) is 8.36. The first-order valence-electron chi connectivity index (χ1n) is 6.66. The molecular formula is C17H19NO5. The summed E-state index contributed by atoms with van der Waals surface area (Å²) >= 11 is 0. The summed E-state index contributed by atoms with van der Waals surface area (Å²) < 4.78 is 14.9. The third kappa shape index (κ3) is 5.70. The fourth-order valence-corrected chi connectivity index (χ4v) is 1.67. The molecule has 0 aliphatic heterocycles. The van der Waals surface area contributed by atoms with Crippen LogP contribution in [0, 0.1) is 10.1 Å². The largest absolute Gasteiger partial charge is 0.501 e. The number of nitro groups is 1. The highest BCUT2D eigenvalue weighted by Gasteiger charge is 2.13. The Hall–Kier alpha value is -3.02. The van der Waals surface area contributed by atoms with E-state index in [0.717, 1.165) is 0 Å². The topological polar surface area (TPSA) is 70.8 Å². The number of rotatable bonds is 8.